The molecule has 6 heteroatoms. The molecule has 0 fully saturated rings. The van der Waals surface area contributed by atoms with Crippen molar-refractivity contribution in [3.63, 3.8) is 0 Å². The molecule has 3 rings (SSSR count). The largest absolute Gasteiger partial charge is 0.323 e. The van der Waals surface area contributed by atoms with E-state index >= 15 is 0 Å². The molecule has 25 heavy (non-hydrogen) atoms. The van der Waals surface area contributed by atoms with Gasteiger partial charge in [-0.2, -0.15) is 0 Å². The van der Waals surface area contributed by atoms with Crippen molar-refractivity contribution in [3.8, 4) is 0 Å². The number of rotatable bonds is 5. The minimum Gasteiger partial charge on any atom is -0.323 e. The second kappa shape index (κ2) is 7.90. The highest BCUT2D eigenvalue weighted by atomic mass is 79.9. The van der Waals surface area contributed by atoms with Crippen LogP contribution in [0.1, 0.15) is 23.0 Å². The van der Waals surface area contributed by atoms with Crippen molar-refractivity contribution in [1.82, 2.24) is 9.97 Å². The van der Waals surface area contributed by atoms with Crippen LogP contribution in [0.25, 0.3) is 0 Å². The van der Waals surface area contributed by atoms with Crippen molar-refractivity contribution in [3.05, 3.63) is 76.5 Å². The smallest absolute Gasteiger partial charge is 0.274 e. The second-order valence-corrected chi connectivity index (χ2v) is 6.19. The van der Waals surface area contributed by atoms with E-state index in [1.807, 2.05) is 48.5 Å². The first-order valence-electron chi connectivity index (χ1n) is 7.91. The average Bonchev–Trinajstić information content (AvgIpc) is 2.64. The summed E-state index contributed by atoms with van der Waals surface area (Å²) in [5.74, 6) is 0.0989. The summed E-state index contributed by atoms with van der Waals surface area (Å²) >= 11 is 3.46. The number of nitrogens with zero attached hydrogens (tertiary/aromatic N) is 2. The van der Waals surface area contributed by atoms with Gasteiger partial charge in [-0.1, -0.05) is 37.3 Å². The van der Waals surface area contributed by atoms with Crippen LogP contribution in [0, 0.1) is 0 Å². The van der Waals surface area contributed by atoms with Gasteiger partial charge in [0.05, 0.1) is 5.69 Å². The fraction of sp³-hybridized carbons (Fsp3) is 0.105. The lowest BCUT2D eigenvalue weighted by Gasteiger charge is -2.10. The van der Waals surface area contributed by atoms with Gasteiger partial charge in [-0.3, -0.25) is 4.79 Å². The highest BCUT2D eigenvalue weighted by Crippen LogP contribution is 2.23. The molecule has 0 aliphatic carbocycles. The van der Waals surface area contributed by atoms with E-state index in [9.17, 15) is 4.79 Å². The monoisotopic (exact) mass is 396 g/mol. The van der Waals surface area contributed by atoms with Crippen LogP contribution in [0.5, 0.6) is 0 Å². The first-order chi connectivity index (χ1) is 12.2. The number of hydrogen-bond donors (Lipinski definition) is 2. The number of carbonyl (C=O) groups excluding carboxylic acids is 1. The van der Waals surface area contributed by atoms with E-state index < -0.39 is 0 Å². The van der Waals surface area contributed by atoms with Crippen molar-refractivity contribution < 1.29 is 4.79 Å². The topological polar surface area (TPSA) is 66.9 Å². The molecule has 0 spiro atoms. The van der Waals surface area contributed by atoms with Crippen LogP contribution in [0.4, 0.5) is 17.3 Å². The molecule has 3 aromatic rings. The van der Waals surface area contributed by atoms with Crippen LogP contribution >= 0.6 is 15.9 Å². The van der Waals surface area contributed by atoms with Crippen molar-refractivity contribution in [2.45, 2.75) is 13.3 Å². The van der Waals surface area contributed by atoms with Crippen LogP contribution in [0.2, 0.25) is 0 Å². The van der Waals surface area contributed by atoms with Crippen LogP contribution in [0.3, 0.4) is 0 Å². The molecule has 1 aromatic heterocycles. The number of nitrogens with one attached hydrogen (secondary N) is 2. The number of aromatic nitrogens is 2. The molecule has 126 valence electrons. The predicted octanol–water partition coefficient (Wildman–Crippen LogP) is 4.80. The number of benzene rings is 2. The standard InChI is InChI=1S/C19H17BrN4O/c1-2-13-7-3-5-9-15(13)22-18(25)17-11-12-21-19(24-17)23-16-10-6-4-8-14(16)20/h3-12H,2H2,1H3,(H,22,25)(H,21,23,24). The van der Waals surface area contributed by atoms with E-state index in [4.69, 9.17) is 0 Å². The summed E-state index contributed by atoms with van der Waals surface area (Å²) in [7, 11) is 0. The number of aryl methyl sites for hydroxylation is 1. The van der Waals surface area contributed by atoms with Gasteiger partial charge in [-0.15, -0.1) is 0 Å². The lowest BCUT2D eigenvalue weighted by molar-refractivity contribution is 0.102. The summed E-state index contributed by atoms with van der Waals surface area (Å²) in [5.41, 5.74) is 3.01. The third-order valence-corrected chi connectivity index (χ3v) is 4.35. The Hall–Kier alpha value is -2.73. The number of halogens is 1. The van der Waals surface area contributed by atoms with Gasteiger partial charge in [-0.05, 0) is 52.2 Å². The molecule has 0 saturated heterocycles. The Labute approximate surface area is 154 Å². The van der Waals surface area contributed by atoms with Gasteiger partial charge < -0.3 is 10.6 Å². The highest BCUT2D eigenvalue weighted by molar-refractivity contribution is 9.10. The molecule has 5 nitrogen and oxygen atoms in total. The Morgan fingerprint density at radius 2 is 1.76 bits per heavy atom. The van der Waals surface area contributed by atoms with E-state index in [1.54, 1.807) is 12.3 Å². The van der Waals surface area contributed by atoms with Crippen LogP contribution in [-0.2, 0) is 6.42 Å². The van der Waals surface area contributed by atoms with E-state index in [1.165, 1.54) is 0 Å². The van der Waals surface area contributed by atoms with Gasteiger partial charge in [0.25, 0.3) is 5.91 Å². The molecule has 1 amide bonds. The van der Waals surface area contributed by atoms with Gasteiger partial charge in [0.2, 0.25) is 5.95 Å². The van der Waals surface area contributed by atoms with E-state index in [2.05, 4.69) is 43.5 Å². The summed E-state index contributed by atoms with van der Waals surface area (Å²) in [6, 6.07) is 17.0. The van der Waals surface area contributed by atoms with Crippen molar-refractivity contribution >= 4 is 39.2 Å². The molecule has 0 saturated carbocycles. The molecule has 2 N–H and O–H groups in total. The lowest BCUT2D eigenvalue weighted by atomic mass is 10.1. The molecule has 0 bridgehead atoms. The van der Waals surface area contributed by atoms with Crippen LogP contribution in [-0.4, -0.2) is 15.9 Å². The van der Waals surface area contributed by atoms with Gasteiger partial charge in [0.15, 0.2) is 0 Å². The van der Waals surface area contributed by atoms with Crippen molar-refractivity contribution in [2.75, 3.05) is 10.6 Å². The molecule has 0 unspecified atom stereocenters. The number of para-hydroxylation sites is 2. The van der Waals surface area contributed by atoms with E-state index in [-0.39, 0.29) is 5.91 Å². The summed E-state index contributed by atoms with van der Waals surface area (Å²) in [6.45, 7) is 2.05. The average molecular weight is 397 g/mol. The zero-order chi connectivity index (χ0) is 17.6. The highest BCUT2D eigenvalue weighted by Gasteiger charge is 2.11. The third kappa shape index (κ3) is 4.22. The number of anilines is 3. The number of hydrogen-bond acceptors (Lipinski definition) is 4. The first-order valence-corrected chi connectivity index (χ1v) is 8.70. The normalized spacial score (nSPS) is 10.3. The van der Waals surface area contributed by atoms with E-state index in [0.717, 1.165) is 27.8 Å². The molecule has 0 aliphatic rings. The summed E-state index contributed by atoms with van der Waals surface area (Å²) < 4.78 is 0.894. The quantitative estimate of drug-likeness (QED) is 0.649. The maximum atomic E-state index is 12.5. The minimum absolute atomic E-state index is 0.265. The third-order valence-electron chi connectivity index (χ3n) is 3.66. The van der Waals surface area contributed by atoms with E-state index in [0.29, 0.717) is 11.6 Å². The van der Waals surface area contributed by atoms with Crippen LogP contribution in [0.15, 0.2) is 65.3 Å². The Morgan fingerprint density at radius 1 is 1.04 bits per heavy atom. The number of amides is 1. The van der Waals surface area contributed by atoms with Gasteiger partial charge in [0, 0.05) is 16.4 Å². The zero-order valence-corrected chi connectivity index (χ0v) is 15.2. The number of carbonyl (C=O) groups is 1. The SMILES string of the molecule is CCc1ccccc1NC(=O)c1ccnc(Nc2ccccc2Br)n1. The maximum absolute atomic E-state index is 12.5. The zero-order valence-electron chi connectivity index (χ0n) is 13.7. The predicted molar refractivity (Wildman–Crippen MR) is 103 cm³/mol. The fourth-order valence-corrected chi connectivity index (χ4v) is 2.75. The molecule has 0 atom stereocenters. The Balaban J connectivity index is 1.79. The van der Waals surface area contributed by atoms with Crippen molar-refractivity contribution in [2.24, 2.45) is 0 Å². The van der Waals surface area contributed by atoms with Gasteiger partial charge in [0.1, 0.15) is 5.69 Å². The summed E-state index contributed by atoms with van der Waals surface area (Å²) in [6.07, 6.45) is 2.40. The first kappa shape index (κ1) is 17.1. The molecule has 0 radical (unpaired) electrons. The fourth-order valence-electron chi connectivity index (χ4n) is 2.37. The molecule has 0 aliphatic heterocycles. The molecule has 2 aromatic carbocycles. The minimum atomic E-state index is -0.265. The summed E-state index contributed by atoms with van der Waals surface area (Å²) in [5, 5.41) is 6.02. The molecular formula is C19H17BrN4O. The second-order valence-electron chi connectivity index (χ2n) is 5.34. The van der Waals surface area contributed by atoms with Gasteiger partial charge in [-0.25, -0.2) is 9.97 Å². The van der Waals surface area contributed by atoms with Crippen LogP contribution < -0.4 is 10.6 Å². The molecular weight excluding hydrogens is 380 g/mol. The Bertz CT molecular complexity index is 898. The van der Waals surface area contributed by atoms with Gasteiger partial charge >= 0.3 is 0 Å². The Morgan fingerprint density at radius 3 is 2.52 bits per heavy atom. The summed E-state index contributed by atoms with van der Waals surface area (Å²) in [4.78, 5) is 21.0. The molecule has 1 heterocycles. The Kier molecular flexibility index (Phi) is 5.40. The van der Waals surface area contributed by atoms with Crippen molar-refractivity contribution in [1.29, 1.82) is 0 Å². The lowest BCUT2D eigenvalue weighted by Crippen LogP contribution is -2.15. The maximum Gasteiger partial charge on any atom is 0.274 e.